The molecule has 0 aliphatic carbocycles. The van der Waals surface area contributed by atoms with Gasteiger partial charge in [-0.3, -0.25) is 14.6 Å². The van der Waals surface area contributed by atoms with Gasteiger partial charge in [0, 0.05) is 35.9 Å². The Morgan fingerprint density at radius 2 is 2.06 bits per heavy atom. The van der Waals surface area contributed by atoms with Gasteiger partial charge in [-0.05, 0) is 49.1 Å². The van der Waals surface area contributed by atoms with Crippen LogP contribution in [-0.2, 0) is 20.6 Å². The number of rotatable bonds is 9. The Morgan fingerprint density at radius 3 is 2.68 bits per heavy atom. The number of aromatic nitrogens is 1. The highest BCUT2D eigenvalue weighted by atomic mass is 35.5. The third kappa shape index (κ3) is 5.90. The van der Waals surface area contributed by atoms with E-state index in [2.05, 4.69) is 9.71 Å². The Bertz CT molecular complexity index is 926. The van der Waals surface area contributed by atoms with E-state index < -0.39 is 22.9 Å². The van der Waals surface area contributed by atoms with Crippen LogP contribution in [0.4, 0.5) is 0 Å². The number of aliphatic carboxylic acids is 1. The molecular formula is C22H26ClN3O4S. The van der Waals surface area contributed by atoms with E-state index in [9.17, 15) is 18.9 Å². The van der Waals surface area contributed by atoms with Crippen molar-refractivity contribution < 1.29 is 18.9 Å². The van der Waals surface area contributed by atoms with Gasteiger partial charge in [0.15, 0.2) is 0 Å². The predicted octanol–water partition coefficient (Wildman–Crippen LogP) is 3.58. The summed E-state index contributed by atoms with van der Waals surface area (Å²) in [6.45, 7) is 2.28. The second kappa shape index (κ2) is 10.8. The summed E-state index contributed by atoms with van der Waals surface area (Å²) in [4.78, 5) is 31.0. The zero-order valence-corrected chi connectivity index (χ0v) is 18.8. The van der Waals surface area contributed by atoms with Crippen LogP contribution in [0.1, 0.15) is 44.2 Å². The SMILES string of the molecule is CC[C@@H](CNS(=O)c1cccnc1)N1C(=O)C(CC(=O)O)CCC1c1ccc(Cl)cc1. The van der Waals surface area contributed by atoms with Gasteiger partial charge < -0.3 is 10.0 Å². The minimum absolute atomic E-state index is 0.172. The molecule has 1 saturated heterocycles. The molecule has 1 fully saturated rings. The zero-order valence-electron chi connectivity index (χ0n) is 17.2. The third-order valence-electron chi connectivity index (χ3n) is 5.57. The smallest absolute Gasteiger partial charge is 0.304 e. The van der Waals surface area contributed by atoms with E-state index in [4.69, 9.17) is 11.6 Å². The van der Waals surface area contributed by atoms with Crippen molar-refractivity contribution in [2.24, 2.45) is 5.92 Å². The lowest BCUT2D eigenvalue weighted by atomic mass is 9.85. The molecule has 3 unspecified atom stereocenters. The fourth-order valence-electron chi connectivity index (χ4n) is 3.98. The van der Waals surface area contributed by atoms with Crippen LogP contribution in [0.25, 0.3) is 0 Å². The van der Waals surface area contributed by atoms with Gasteiger partial charge in [0.2, 0.25) is 5.91 Å². The standard InChI is InChI=1S/C22H26ClN3O4S/c1-2-18(13-25-31(30)19-4-3-11-24-14-19)26-20(15-5-8-17(23)9-6-15)10-7-16(22(26)29)12-21(27)28/h3-6,8-9,11,14,16,18,20,25H,2,7,10,12-13H2,1H3,(H,27,28)/t16?,18-,20?,31?/m0/s1. The first-order valence-electron chi connectivity index (χ1n) is 10.3. The number of carbonyl (C=O) groups excluding carboxylic acids is 1. The maximum Gasteiger partial charge on any atom is 0.304 e. The van der Waals surface area contributed by atoms with Crippen LogP contribution < -0.4 is 4.72 Å². The molecule has 2 heterocycles. The molecule has 0 radical (unpaired) electrons. The first kappa shape index (κ1) is 23.4. The molecule has 1 amide bonds. The van der Waals surface area contributed by atoms with E-state index in [0.717, 1.165) is 5.56 Å². The topological polar surface area (TPSA) is 99.6 Å². The van der Waals surface area contributed by atoms with Crippen molar-refractivity contribution in [2.75, 3.05) is 6.54 Å². The maximum absolute atomic E-state index is 13.3. The molecule has 0 saturated carbocycles. The lowest BCUT2D eigenvalue weighted by Gasteiger charge is -2.44. The lowest BCUT2D eigenvalue weighted by Crippen LogP contribution is -2.52. The van der Waals surface area contributed by atoms with Crippen molar-refractivity contribution in [3.05, 3.63) is 59.4 Å². The number of benzene rings is 1. The molecule has 4 atom stereocenters. The summed E-state index contributed by atoms with van der Waals surface area (Å²) in [6.07, 6.45) is 4.77. The van der Waals surface area contributed by atoms with Crippen molar-refractivity contribution in [1.29, 1.82) is 0 Å². The average molecular weight is 464 g/mol. The van der Waals surface area contributed by atoms with Gasteiger partial charge >= 0.3 is 5.97 Å². The Hall–Kier alpha value is -2.29. The van der Waals surface area contributed by atoms with Crippen molar-refractivity contribution in [3.63, 3.8) is 0 Å². The molecule has 1 aromatic heterocycles. The number of hydrogen-bond donors (Lipinski definition) is 2. The van der Waals surface area contributed by atoms with Crippen LogP contribution in [0.5, 0.6) is 0 Å². The van der Waals surface area contributed by atoms with Gasteiger partial charge in [0.1, 0.15) is 11.0 Å². The third-order valence-corrected chi connectivity index (χ3v) is 6.92. The molecule has 7 nitrogen and oxygen atoms in total. The summed E-state index contributed by atoms with van der Waals surface area (Å²) >= 11 is 6.03. The zero-order chi connectivity index (χ0) is 22.4. The number of carboxylic acids is 1. The maximum atomic E-state index is 13.3. The molecule has 1 aromatic carbocycles. The van der Waals surface area contributed by atoms with E-state index in [1.165, 1.54) is 6.20 Å². The average Bonchev–Trinajstić information content (AvgIpc) is 2.77. The summed E-state index contributed by atoms with van der Waals surface area (Å²) in [6, 6.07) is 10.4. The highest BCUT2D eigenvalue weighted by molar-refractivity contribution is 7.83. The number of likely N-dealkylation sites (tertiary alicyclic amines) is 1. The quantitative estimate of drug-likeness (QED) is 0.592. The minimum atomic E-state index is -1.46. The van der Waals surface area contributed by atoms with E-state index in [-0.39, 0.29) is 24.4 Å². The van der Waals surface area contributed by atoms with E-state index >= 15 is 0 Å². The highest BCUT2D eigenvalue weighted by Crippen LogP contribution is 2.38. The number of nitrogens with one attached hydrogen (secondary N) is 1. The Kier molecular flexibility index (Phi) is 8.17. The minimum Gasteiger partial charge on any atom is -0.481 e. The number of carboxylic acid groups (broad SMARTS) is 1. The van der Waals surface area contributed by atoms with Crippen molar-refractivity contribution in [2.45, 2.75) is 49.6 Å². The van der Waals surface area contributed by atoms with Gasteiger partial charge in [-0.15, -0.1) is 0 Å². The highest BCUT2D eigenvalue weighted by Gasteiger charge is 2.40. The Balaban J connectivity index is 1.83. The Morgan fingerprint density at radius 1 is 1.32 bits per heavy atom. The van der Waals surface area contributed by atoms with Crippen molar-refractivity contribution in [1.82, 2.24) is 14.6 Å². The van der Waals surface area contributed by atoms with Crippen LogP contribution in [-0.4, -0.2) is 43.7 Å². The van der Waals surface area contributed by atoms with E-state index in [1.54, 1.807) is 35.4 Å². The van der Waals surface area contributed by atoms with Crippen LogP contribution in [0.2, 0.25) is 5.02 Å². The van der Waals surface area contributed by atoms with Gasteiger partial charge in [0.25, 0.3) is 0 Å². The van der Waals surface area contributed by atoms with Gasteiger partial charge in [-0.2, -0.15) is 0 Å². The fraction of sp³-hybridized carbons (Fsp3) is 0.409. The molecule has 166 valence electrons. The van der Waals surface area contributed by atoms with Gasteiger partial charge in [0.05, 0.1) is 17.4 Å². The van der Waals surface area contributed by atoms with Crippen molar-refractivity contribution in [3.8, 4) is 0 Å². The second-order valence-electron chi connectivity index (χ2n) is 7.55. The summed E-state index contributed by atoms with van der Waals surface area (Å²) in [7, 11) is -1.46. The van der Waals surface area contributed by atoms with Crippen LogP contribution >= 0.6 is 11.6 Å². The molecule has 0 spiro atoms. The molecule has 3 rings (SSSR count). The number of amides is 1. The molecule has 2 aromatic rings. The molecule has 31 heavy (non-hydrogen) atoms. The fourth-order valence-corrected chi connectivity index (χ4v) is 4.98. The Labute approximate surface area is 189 Å². The molecular weight excluding hydrogens is 438 g/mol. The first-order valence-corrected chi connectivity index (χ1v) is 11.8. The van der Waals surface area contributed by atoms with E-state index in [1.807, 2.05) is 19.1 Å². The van der Waals surface area contributed by atoms with Crippen LogP contribution in [0, 0.1) is 5.92 Å². The summed E-state index contributed by atoms with van der Waals surface area (Å²) in [5, 5.41) is 9.85. The second-order valence-corrected chi connectivity index (χ2v) is 9.29. The molecule has 1 aliphatic heterocycles. The summed E-state index contributed by atoms with van der Waals surface area (Å²) < 4.78 is 15.6. The number of halogens is 1. The van der Waals surface area contributed by atoms with Crippen LogP contribution in [0.15, 0.2) is 53.7 Å². The largest absolute Gasteiger partial charge is 0.481 e. The van der Waals surface area contributed by atoms with Gasteiger partial charge in [-0.25, -0.2) is 8.93 Å². The van der Waals surface area contributed by atoms with E-state index in [0.29, 0.717) is 35.7 Å². The predicted molar refractivity (Wildman–Crippen MR) is 119 cm³/mol. The summed E-state index contributed by atoms with van der Waals surface area (Å²) in [5.74, 6) is -1.71. The van der Waals surface area contributed by atoms with Crippen LogP contribution in [0.3, 0.4) is 0 Å². The normalized spacial score (nSPS) is 21.0. The first-order chi connectivity index (χ1) is 14.9. The molecule has 9 heteroatoms. The number of nitrogens with zero attached hydrogens (tertiary/aromatic N) is 2. The monoisotopic (exact) mass is 463 g/mol. The number of pyridine rings is 1. The number of piperidine rings is 1. The summed E-state index contributed by atoms with van der Waals surface area (Å²) in [5.41, 5.74) is 0.957. The van der Waals surface area contributed by atoms with Gasteiger partial charge in [-0.1, -0.05) is 30.7 Å². The number of carbonyl (C=O) groups is 2. The molecule has 1 aliphatic rings. The number of hydrogen-bond acceptors (Lipinski definition) is 4. The molecule has 2 N–H and O–H groups in total. The van der Waals surface area contributed by atoms with Crippen molar-refractivity contribution >= 4 is 34.5 Å². The molecule has 0 bridgehead atoms. The lowest BCUT2D eigenvalue weighted by molar-refractivity contribution is -0.151.